The van der Waals surface area contributed by atoms with Crippen molar-refractivity contribution in [1.29, 1.82) is 0 Å². The van der Waals surface area contributed by atoms with E-state index in [9.17, 15) is 24.3 Å². The standard InChI is InChI=1S/C37H41N5O4.C35H36N4O5/c1-37(2,36-38-28-16-12-24(19-29(28)39-36)35(44)41(3)4)40-34(43)23-11-14-26-30(20-23)42-17-18-46-31-21-25(45-5)13-15-27(31)33(42)32(26)22-9-7-6-8-10-22;1-35(2,34-36-26-14-10-22(33(41)42)17-27(26)37-34)38-32(40)21-9-12-24-28(18-21)39-15-16-44-29-19-23(43-3)11-13-25(29)31(39)30(24)20-7-5-4-6-8-20/h11-16,19-22H,6-10,17-18H2,1-5H3,(H,38,39)(H,40,43);9-14,17-20H,4-8,15-16H2,1-3H3,(H,36,37)(H,38,40)(H,41,42). The summed E-state index contributed by atoms with van der Waals surface area (Å²) in [5.41, 5.74) is 12.3. The second kappa shape index (κ2) is 23.7. The van der Waals surface area contributed by atoms with E-state index in [0.717, 1.165) is 81.9 Å². The third-order valence-electron chi connectivity index (χ3n) is 18.7. The van der Waals surface area contributed by atoms with Gasteiger partial charge in [0.2, 0.25) is 0 Å². The lowest BCUT2D eigenvalue weighted by molar-refractivity contribution is 0.0695. The first-order valence-corrected chi connectivity index (χ1v) is 31.4. The van der Waals surface area contributed by atoms with Gasteiger partial charge in [0.05, 0.1) is 77.4 Å². The number of hydrogen-bond acceptors (Lipinski definition) is 10. The monoisotopic (exact) mass is 1210 g/mol. The maximum absolute atomic E-state index is 13.9. The smallest absolute Gasteiger partial charge is 0.335 e. The van der Waals surface area contributed by atoms with Crippen molar-refractivity contribution < 1.29 is 43.2 Å². The topological polar surface area (TPSA) is 220 Å². The van der Waals surface area contributed by atoms with Gasteiger partial charge in [0.25, 0.3) is 17.7 Å². The molecule has 14 rings (SSSR count). The Bertz CT molecular complexity index is 4470. The fourth-order valence-corrected chi connectivity index (χ4v) is 14.0. The molecular formula is C72H77N9O9. The zero-order valence-corrected chi connectivity index (χ0v) is 52.4. The molecule has 18 heteroatoms. The molecule has 0 saturated heterocycles. The van der Waals surface area contributed by atoms with Gasteiger partial charge in [-0.25, -0.2) is 14.8 Å². The Labute approximate surface area is 522 Å². The number of rotatable bonds is 12. The Morgan fingerprint density at radius 2 is 0.978 bits per heavy atom. The van der Waals surface area contributed by atoms with Crippen molar-refractivity contribution >= 4 is 67.6 Å². The molecule has 6 heterocycles. The Kier molecular flexibility index (Phi) is 15.7. The first kappa shape index (κ1) is 59.4. The number of carbonyl (C=O) groups excluding carboxylic acids is 3. The van der Waals surface area contributed by atoms with Gasteiger partial charge in [-0.15, -0.1) is 0 Å². The van der Waals surface area contributed by atoms with Gasteiger partial charge in [-0.1, -0.05) is 50.7 Å². The van der Waals surface area contributed by atoms with Crippen molar-refractivity contribution in [1.82, 2.24) is 44.6 Å². The molecule has 2 saturated carbocycles. The lowest BCUT2D eigenvalue weighted by Gasteiger charge is -2.24. The van der Waals surface area contributed by atoms with Crippen LogP contribution in [0.15, 0.2) is 109 Å². The molecule has 0 unspecified atom stereocenters. The van der Waals surface area contributed by atoms with Crippen LogP contribution < -0.4 is 29.6 Å². The van der Waals surface area contributed by atoms with Gasteiger partial charge in [-0.3, -0.25) is 14.4 Å². The van der Waals surface area contributed by atoms with E-state index in [1.54, 1.807) is 57.5 Å². The number of H-pyrrole nitrogens is 2. The first-order chi connectivity index (χ1) is 43.4. The number of carboxylic acid groups (broad SMARTS) is 1. The van der Waals surface area contributed by atoms with Crippen molar-refractivity contribution in [3.8, 4) is 45.5 Å². The molecular weight excluding hydrogens is 1130 g/mol. The van der Waals surface area contributed by atoms with Gasteiger partial charge >= 0.3 is 5.97 Å². The average Bonchev–Trinajstić information content (AvgIpc) is 1.60. The number of methoxy groups -OCH3 is 2. The Morgan fingerprint density at radius 3 is 1.40 bits per heavy atom. The molecule has 2 aliphatic carbocycles. The van der Waals surface area contributed by atoms with Crippen LogP contribution in [0.4, 0.5) is 0 Å². The summed E-state index contributed by atoms with van der Waals surface area (Å²) >= 11 is 0. The van der Waals surface area contributed by atoms with Gasteiger partial charge in [-0.05, 0) is 161 Å². The number of benzene rings is 6. The summed E-state index contributed by atoms with van der Waals surface area (Å²) in [5.74, 6) is 3.79. The summed E-state index contributed by atoms with van der Waals surface area (Å²) in [4.78, 5) is 69.1. The molecule has 6 aromatic carbocycles. The molecule has 90 heavy (non-hydrogen) atoms. The number of aromatic carboxylic acids is 1. The molecule has 3 amide bonds. The van der Waals surface area contributed by atoms with Gasteiger partial charge in [0.15, 0.2) is 0 Å². The molecule has 2 fully saturated rings. The van der Waals surface area contributed by atoms with Crippen LogP contribution in [0.5, 0.6) is 23.0 Å². The van der Waals surface area contributed by atoms with Crippen molar-refractivity contribution in [2.75, 3.05) is 41.5 Å². The summed E-state index contributed by atoms with van der Waals surface area (Å²) in [7, 11) is 6.80. The highest BCUT2D eigenvalue weighted by Crippen LogP contribution is 2.50. The first-order valence-electron chi connectivity index (χ1n) is 31.4. The van der Waals surface area contributed by atoms with Crippen LogP contribution in [-0.2, 0) is 24.2 Å². The van der Waals surface area contributed by atoms with Gasteiger partial charge in [0, 0.05) is 75.9 Å². The highest BCUT2D eigenvalue weighted by molar-refractivity contribution is 6.03. The quantitative estimate of drug-likeness (QED) is 0.0774. The fraction of sp³-hybridized carbons (Fsp3) is 0.361. The molecule has 10 aromatic rings. The molecule has 0 atom stereocenters. The second-order valence-electron chi connectivity index (χ2n) is 25.7. The summed E-state index contributed by atoms with van der Waals surface area (Å²) in [6.07, 6.45) is 12.1. The Balaban J connectivity index is 0.000000165. The number of hydrogen-bond donors (Lipinski definition) is 5. The molecule has 4 aromatic heterocycles. The molecule has 0 radical (unpaired) electrons. The van der Waals surface area contributed by atoms with Crippen LogP contribution in [0.2, 0.25) is 0 Å². The second-order valence-corrected chi connectivity index (χ2v) is 25.7. The molecule has 0 spiro atoms. The number of carboxylic acids is 1. The lowest BCUT2D eigenvalue weighted by atomic mass is 9.81. The summed E-state index contributed by atoms with van der Waals surface area (Å²) in [6, 6.07) is 34.5. The molecule has 5 N–H and O–H groups in total. The van der Waals surface area contributed by atoms with E-state index in [1.165, 1.54) is 77.9 Å². The van der Waals surface area contributed by atoms with Crippen LogP contribution in [-0.4, -0.2) is 104 Å². The van der Waals surface area contributed by atoms with Crippen LogP contribution in [0.1, 0.15) is 168 Å². The van der Waals surface area contributed by atoms with E-state index < -0.39 is 17.0 Å². The molecule has 2 aliphatic heterocycles. The summed E-state index contributed by atoms with van der Waals surface area (Å²) in [5, 5.41) is 18.1. The molecule has 464 valence electrons. The Morgan fingerprint density at radius 1 is 0.556 bits per heavy atom. The van der Waals surface area contributed by atoms with Crippen LogP contribution in [0.25, 0.3) is 66.4 Å². The third kappa shape index (κ3) is 11.0. The van der Waals surface area contributed by atoms with E-state index in [0.29, 0.717) is 77.5 Å². The minimum atomic E-state index is -1.00. The highest BCUT2D eigenvalue weighted by Gasteiger charge is 2.35. The minimum Gasteiger partial charge on any atom is -0.497 e. The predicted molar refractivity (Wildman–Crippen MR) is 349 cm³/mol. The number of amides is 3. The summed E-state index contributed by atoms with van der Waals surface area (Å²) < 4.78 is 28.2. The maximum atomic E-state index is 13.9. The average molecular weight is 1210 g/mol. The lowest BCUT2D eigenvalue weighted by Crippen LogP contribution is -2.41. The Hall–Kier alpha value is -9.58. The van der Waals surface area contributed by atoms with E-state index >= 15 is 0 Å². The number of imidazole rings is 2. The fourth-order valence-electron chi connectivity index (χ4n) is 14.0. The predicted octanol–water partition coefficient (Wildman–Crippen LogP) is 14.0. The van der Waals surface area contributed by atoms with E-state index in [1.807, 2.05) is 82.3 Å². The number of ether oxygens (including phenoxy) is 4. The number of aromatic nitrogens is 6. The van der Waals surface area contributed by atoms with Gasteiger partial charge in [-0.2, -0.15) is 0 Å². The molecule has 4 aliphatic rings. The highest BCUT2D eigenvalue weighted by atomic mass is 16.5. The van der Waals surface area contributed by atoms with E-state index in [2.05, 4.69) is 59.0 Å². The number of nitrogens with zero attached hydrogens (tertiary/aromatic N) is 5. The van der Waals surface area contributed by atoms with Crippen LogP contribution >= 0.6 is 0 Å². The molecule has 18 nitrogen and oxygen atoms in total. The van der Waals surface area contributed by atoms with Crippen molar-refractivity contribution in [3.63, 3.8) is 0 Å². The number of nitrogens with one attached hydrogen (secondary N) is 4. The van der Waals surface area contributed by atoms with Crippen molar-refractivity contribution in [3.05, 3.63) is 154 Å². The number of carbonyl (C=O) groups is 4. The van der Waals surface area contributed by atoms with E-state index in [4.69, 9.17) is 23.9 Å². The number of fused-ring (bicyclic) bond motifs is 12. The largest absolute Gasteiger partial charge is 0.497 e. The van der Waals surface area contributed by atoms with Crippen LogP contribution in [0.3, 0.4) is 0 Å². The maximum Gasteiger partial charge on any atom is 0.335 e. The normalized spacial score (nSPS) is 15.2. The van der Waals surface area contributed by atoms with Crippen molar-refractivity contribution in [2.45, 2.75) is 128 Å². The van der Waals surface area contributed by atoms with Crippen molar-refractivity contribution in [2.24, 2.45) is 0 Å². The SMILES string of the molecule is COc1ccc2c(c1)OCCn1c-2c(C2CCCCC2)c2ccc(C(=O)NC(C)(C)c3nc4ccc(C(=O)N(C)C)cc4[nH]3)cc21.COc1ccc2c(c1)OCCn1c-2c(C2CCCCC2)c2ccc(C(=O)NC(C)(C)c3nc4ccc(C(=O)O)cc4[nH]3)cc21. The van der Waals surface area contributed by atoms with Gasteiger partial charge in [0.1, 0.15) is 47.9 Å². The van der Waals surface area contributed by atoms with Gasteiger partial charge < -0.3 is 58.7 Å². The number of aromatic amines is 2. The van der Waals surface area contributed by atoms with Crippen LogP contribution in [0, 0.1) is 0 Å². The summed E-state index contributed by atoms with van der Waals surface area (Å²) in [6.45, 7) is 10.0. The zero-order chi connectivity index (χ0) is 62.8. The van der Waals surface area contributed by atoms with E-state index in [-0.39, 0.29) is 23.3 Å². The minimum absolute atomic E-state index is 0.0781. The third-order valence-corrected chi connectivity index (χ3v) is 18.7. The molecule has 0 bridgehead atoms. The zero-order valence-electron chi connectivity index (χ0n) is 52.4.